The number of rotatable bonds is 3. The van der Waals surface area contributed by atoms with Gasteiger partial charge in [-0.3, -0.25) is 4.90 Å². The van der Waals surface area contributed by atoms with E-state index in [2.05, 4.69) is 31.0 Å². The summed E-state index contributed by atoms with van der Waals surface area (Å²) in [5.41, 5.74) is 1.13. The SMILES string of the molecule is C=C(CS)CN1C[C@H](C)C[C@H](O)C1. The Kier molecular flexibility index (Phi) is 4.29. The predicted octanol–water partition coefficient (Wildman–Crippen LogP) is 1.18. The quantitative estimate of drug-likeness (QED) is 0.529. The van der Waals surface area contributed by atoms with E-state index in [0.29, 0.717) is 5.92 Å². The summed E-state index contributed by atoms with van der Waals surface area (Å²) in [5, 5.41) is 9.55. The van der Waals surface area contributed by atoms with Crippen molar-refractivity contribution >= 4 is 12.6 Å². The molecule has 0 bridgehead atoms. The first kappa shape index (κ1) is 11.1. The van der Waals surface area contributed by atoms with Crippen LogP contribution in [0.3, 0.4) is 0 Å². The molecule has 0 radical (unpaired) electrons. The lowest BCUT2D eigenvalue weighted by Gasteiger charge is -2.34. The molecule has 13 heavy (non-hydrogen) atoms. The van der Waals surface area contributed by atoms with Gasteiger partial charge in [0.15, 0.2) is 0 Å². The highest BCUT2D eigenvalue weighted by Crippen LogP contribution is 2.16. The fourth-order valence-corrected chi connectivity index (χ4v) is 2.02. The highest BCUT2D eigenvalue weighted by molar-refractivity contribution is 7.80. The Bertz CT molecular complexity index is 174. The van der Waals surface area contributed by atoms with Crippen LogP contribution in [-0.4, -0.2) is 41.5 Å². The molecule has 2 atom stereocenters. The summed E-state index contributed by atoms with van der Waals surface area (Å²) >= 11 is 4.17. The normalized spacial score (nSPS) is 30.4. The zero-order valence-corrected chi connectivity index (χ0v) is 9.13. The van der Waals surface area contributed by atoms with Gasteiger partial charge in [0.05, 0.1) is 6.10 Å². The van der Waals surface area contributed by atoms with Crippen LogP contribution in [0.4, 0.5) is 0 Å². The molecule has 0 saturated carbocycles. The van der Waals surface area contributed by atoms with E-state index in [1.807, 2.05) is 0 Å². The van der Waals surface area contributed by atoms with E-state index < -0.39 is 0 Å². The Labute approximate surface area is 86.0 Å². The number of aliphatic hydroxyl groups is 1. The van der Waals surface area contributed by atoms with Crippen molar-refractivity contribution in [1.29, 1.82) is 0 Å². The first-order valence-electron chi connectivity index (χ1n) is 4.79. The minimum atomic E-state index is -0.156. The predicted molar refractivity (Wildman–Crippen MR) is 59.2 cm³/mol. The maximum absolute atomic E-state index is 9.55. The topological polar surface area (TPSA) is 23.5 Å². The van der Waals surface area contributed by atoms with Crippen LogP contribution >= 0.6 is 12.6 Å². The molecule has 0 aromatic carbocycles. The van der Waals surface area contributed by atoms with Gasteiger partial charge in [0.2, 0.25) is 0 Å². The Morgan fingerprint density at radius 2 is 2.31 bits per heavy atom. The Morgan fingerprint density at radius 3 is 2.85 bits per heavy atom. The van der Waals surface area contributed by atoms with E-state index in [0.717, 1.165) is 37.4 Å². The van der Waals surface area contributed by atoms with Crippen molar-refractivity contribution in [2.24, 2.45) is 5.92 Å². The van der Waals surface area contributed by atoms with Crippen molar-refractivity contribution in [3.05, 3.63) is 12.2 Å². The summed E-state index contributed by atoms with van der Waals surface area (Å²) in [7, 11) is 0. The van der Waals surface area contributed by atoms with Crippen LogP contribution in [0.1, 0.15) is 13.3 Å². The van der Waals surface area contributed by atoms with E-state index in [4.69, 9.17) is 0 Å². The minimum absolute atomic E-state index is 0.156. The smallest absolute Gasteiger partial charge is 0.0670 e. The number of β-amino-alcohol motifs (C(OH)–C–C–N with tert-alkyl or cyclic N) is 1. The maximum Gasteiger partial charge on any atom is 0.0670 e. The molecular formula is C10H19NOS. The van der Waals surface area contributed by atoms with Gasteiger partial charge < -0.3 is 5.11 Å². The highest BCUT2D eigenvalue weighted by Gasteiger charge is 2.22. The average molecular weight is 201 g/mol. The largest absolute Gasteiger partial charge is 0.392 e. The summed E-state index contributed by atoms with van der Waals surface area (Å²) in [6.45, 7) is 8.84. The second-order valence-corrected chi connectivity index (χ2v) is 4.41. The van der Waals surface area contributed by atoms with Crippen molar-refractivity contribution in [1.82, 2.24) is 4.90 Å². The zero-order valence-electron chi connectivity index (χ0n) is 8.24. The van der Waals surface area contributed by atoms with Crippen molar-refractivity contribution in [2.45, 2.75) is 19.4 Å². The van der Waals surface area contributed by atoms with E-state index in [1.165, 1.54) is 0 Å². The molecule has 1 saturated heterocycles. The lowest BCUT2D eigenvalue weighted by atomic mass is 9.98. The van der Waals surface area contributed by atoms with Crippen LogP contribution in [0.2, 0.25) is 0 Å². The molecule has 0 spiro atoms. The summed E-state index contributed by atoms with van der Waals surface area (Å²) in [5.74, 6) is 1.33. The molecule has 3 heteroatoms. The van der Waals surface area contributed by atoms with Gasteiger partial charge in [0.1, 0.15) is 0 Å². The number of thiol groups is 1. The van der Waals surface area contributed by atoms with Crippen LogP contribution < -0.4 is 0 Å². The number of likely N-dealkylation sites (tertiary alicyclic amines) is 1. The molecule has 1 heterocycles. The fourth-order valence-electron chi connectivity index (χ4n) is 1.92. The summed E-state index contributed by atoms with van der Waals surface area (Å²) in [6.07, 6.45) is 0.778. The summed E-state index contributed by atoms with van der Waals surface area (Å²) in [6, 6.07) is 0. The Balaban J connectivity index is 2.37. The van der Waals surface area contributed by atoms with Gasteiger partial charge in [-0.2, -0.15) is 12.6 Å². The monoisotopic (exact) mass is 201 g/mol. The van der Waals surface area contributed by atoms with Crippen LogP contribution in [0, 0.1) is 5.92 Å². The molecular weight excluding hydrogens is 182 g/mol. The molecule has 0 aromatic heterocycles. The lowest BCUT2D eigenvalue weighted by molar-refractivity contribution is 0.0497. The second kappa shape index (κ2) is 5.03. The third-order valence-corrected chi connectivity index (χ3v) is 2.83. The second-order valence-electron chi connectivity index (χ2n) is 4.10. The molecule has 1 aliphatic rings. The zero-order chi connectivity index (χ0) is 9.84. The van der Waals surface area contributed by atoms with Gasteiger partial charge in [-0.25, -0.2) is 0 Å². The van der Waals surface area contributed by atoms with E-state index >= 15 is 0 Å². The van der Waals surface area contributed by atoms with Gasteiger partial charge in [-0.05, 0) is 12.3 Å². The van der Waals surface area contributed by atoms with Crippen molar-refractivity contribution in [3.8, 4) is 0 Å². The van der Waals surface area contributed by atoms with Crippen LogP contribution in [-0.2, 0) is 0 Å². The minimum Gasteiger partial charge on any atom is -0.392 e. The average Bonchev–Trinajstić information content (AvgIpc) is 2.02. The van der Waals surface area contributed by atoms with Gasteiger partial charge >= 0.3 is 0 Å². The molecule has 1 rings (SSSR count). The number of hydrogen-bond donors (Lipinski definition) is 2. The van der Waals surface area contributed by atoms with Crippen LogP contribution in [0.25, 0.3) is 0 Å². The third-order valence-electron chi connectivity index (χ3n) is 2.38. The molecule has 2 nitrogen and oxygen atoms in total. The molecule has 0 unspecified atom stereocenters. The van der Waals surface area contributed by atoms with Crippen molar-refractivity contribution in [3.63, 3.8) is 0 Å². The molecule has 0 aromatic rings. The lowest BCUT2D eigenvalue weighted by Crippen LogP contribution is -2.43. The standard InChI is InChI=1S/C10H19NOS/c1-8-3-10(12)6-11(4-8)5-9(2)7-13/h8,10,12-13H,2-7H2,1H3/t8-,10+/m1/s1. The summed E-state index contributed by atoms with van der Waals surface area (Å²) in [4.78, 5) is 2.26. The van der Waals surface area contributed by atoms with E-state index in [9.17, 15) is 5.11 Å². The highest BCUT2D eigenvalue weighted by atomic mass is 32.1. The first-order valence-corrected chi connectivity index (χ1v) is 5.43. The Morgan fingerprint density at radius 1 is 1.62 bits per heavy atom. The van der Waals surface area contributed by atoms with Gasteiger partial charge in [0, 0.05) is 25.4 Å². The third kappa shape index (κ3) is 3.71. The molecule has 0 amide bonds. The number of hydrogen-bond acceptors (Lipinski definition) is 3. The maximum atomic E-state index is 9.55. The Hall–Kier alpha value is 0.01000. The van der Waals surface area contributed by atoms with Crippen molar-refractivity contribution in [2.75, 3.05) is 25.4 Å². The van der Waals surface area contributed by atoms with Crippen LogP contribution in [0.15, 0.2) is 12.2 Å². The molecule has 76 valence electrons. The van der Waals surface area contributed by atoms with Crippen LogP contribution in [0.5, 0.6) is 0 Å². The number of nitrogens with zero attached hydrogens (tertiary/aromatic N) is 1. The molecule has 1 fully saturated rings. The summed E-state index contributed by atoms with van der Waals surface area (Å²) < 4.78 is 0. The van der Waals surface area contributed by atoms with E-state index in [1.54, 1.807) is 0 Å². The van der Waals surface area contributed by atoms with Gasteiger partial charge in [0.25, 0.3) is 0 Å². The van der Waals surface area contributed by atoms with E-state index in [-0.39, 0.29) is 6.10 Å². The van der Waals surface area contributed by atoms with Crippen molar-refractivity contribution < 1.29 is 5.11 Å². The number of aliphatic hydroxyl groups excluding tert-OH is 1. The molecule has 1 aliphatic heterocycles. The van der Waals surface area contributed by atoms with Gasteiger partial charge in [-0.1, -0.05) is 19.1 Å². The fraction of sp³-hybridized carbons (Fsp3) is 0.800. The molecule has 1 N–H and O–H groups in total. The van der Waals surface area contributed by atoms with Gasteiger partial charge in [-0.15, -0.1) is 0 Å². The molecule has 0 aliphatic carbocycles. The number of piperidine rings is 1. The first-order chi connectivity index (χ1) is 6.11.